The van der Waals surface area contributed by atoms with Crippen LogP contribution in [0, 0.1) is 13.8 Å². The van der Waals surface area contributed by atoms with Gasteiger partial charge in [0, 0.05) is 57.2 Å². The van der Waals surface area contributed by atoms with Gasteiger partial charge in [0.25, 0.3) is 5.91 Å². The SMILES string of the molecule is Cc1cc(C)nc(Nc2cccc(C(=O)Nc3cccc(-c4csc(-c5cccnc5)n4)c3)c2)n1. The summed E-state index contributed by atoms with van der Waals surface area (Å²) in [5.41, 5.74) is 6.47. The molecular weight excluding hydrogens is 456 g/mol. The first-order valence-electron chi connectivity index (χ1n) is 11.0. The number of aromatic nitrogens is 4. The van der Waals surface area contributed by atoms with Crippen LogP contribution in [0.25, 0.3) is 21.8 Å². The zero-order chi connectivity index (χ0) is 24.2. The largest absolute Gasteiger partial charge is 0.324 e. The average molecular weight is 479 g/mol. The smallest absolute Gasteiger partial charge is 0.255 e. The molecule has 1 amide bonds. The van der Waals surface area contributed by atoms with Crippen molar-refractivity contribution in [1.29, 1.82) is 0 Å². The van der Waals surface area contributed by atoms with Crippen molar-refractivity contribution in [2.24, 2.45) is 0 Å². The summed E-state index contributed by atoms with van der Waals surface area (Å²) in [5, 5.41) is 9.07. The van der Waals surface area contributed by atoms with Crippen molar-refractivity contribution in [3.63, 3.8) is 0 Å². The molecule has 5 aromatic rings. The number of amides is 1. The standard InChI is InChI=1S/C27H22N6OS/c1-17-12-18(2)30-27(29-17)32-23-10-4-7-20(14-23)25(34)31-22-9-3-6-19(13-22)24-16-35-26(33-24)21-8-5-11-28-15-21/h3-16H,1-2H3,(H,31,34)(H,29,30,32). The zero-order valence-electron chi connectivity index (χ0n) is 19.2. The van der Waals surface area contributed by atoms with E-state index in [0.717, 1.165) is 38.9 Å². The maximum Gasteiger partial charge on any atom is 0.255 e. The van der Waals surface area contributed by atoms with Crippen LogP contribution < -0.4 is 10.6 Å². The van der Waals surface area contributed by atoms with Crippen LogP contribution in [0.2, 0.25) is 0 Å². The maximum atomic E-state index is 13.0. The Morgan fingerprint density at radius 2 is 1.60 bits per heavy atom. The van der Waals surface area contributed by atoms with Crippen molar-refractivity contribution in [2.45, 2.75) is 13.8 Å². The number of rotatable bonds is 6. The van der Waals surface area contributed by atoms with Crippen LogP contribution in [0.4, 0.5) is 17.3 Å². The second kappa shape index (κ2) is 9.82. The third kappa shape index (κ3) is 5.39. The molecule has 35 heavy (non-hydrogen) atoms. The molecule has 0 bridgehead atoms. The zero-order valence-corrected chi connectivity index (χ0v) is 20.0. The maximum absolute atomic E-state index is 13.0. The number of aryl methyl sites for hydroxylation is 2. The molecule has 0 atom stereocenters. The van der Waals surface area contributed by atoms with Gasteiger partial charge >= 0.3 is 0 Å². The van der Waals surface area contributed by atoms with Crippen LogP contribution in [0.1, 0.15) is 21.7 Å². The van der Waals surface area contributed by atoms with Crippen LogP contribution >= 0.6 is 11.3 Å². The monoisotopic (exact) mass is 478 g/mol. The number of thiazole rings is 1. The lowest BCUT2D eigenvalue weighted by Crippen LogP contribution is -2.12. The number of anilines is 3. The Kier molecular flexibility index (Phi) is 6.28. The predicted octanol–water partition coefficient (Wildman–Crippen LogP) is 6.27. The van der Waals surface area contributed by atoms with Gasteiger partial charge in [0.05, 0.1) is 5.69 Å². The summed E-state index contributed by atoms with van der Waals surface area (Å²) in [6.45, 7) is 3.84. The number of nitrogens with one attached hydrogen (secondary N) is 2. The normalized spacial score (nSPS) is 10.7. The highest BCUT2D eigenvalue weighted by molar-refractivity contribution is 7.13. The minimum Gasteiger partial charge on any atom is -0.324 e. The average Bonchev–Trinajstić information content (AvgIpc) is 3.35. The fourth-order valence-electron chi connectivity index (χ4n) is 3.64. The fraction of sp³-hybridized carbons (Fsp3) is 0.0741. The molecule has 8 heteroatoms. The van der Waals surface area contributed by atoms with Gasteiger partial charge in [-0.3, -0.25) is 9.78 Å². The van der Waals surface area contributed by atoms with Crippen LogP contribution in [0.5, 0.6) is 0 Å². The molecular formula is C27H22N6OS. The molecule has 0 aliphatic carbocycles. The molecule has 0 fully saturated rings. The summed E-state index contributed by atoms with van der Waals surface area (Å²) >= 11 is 1.56. The molecule has 2 N–H and O–H groups in total. The van der Waals surface area contributed by atoms with Gasteiger partial charge in [-0.15, -0.1) is 11.3 Å². The summed E-state index contributed by atoms with van der Waals surface area (Å²) in [6, 6.07) is 20.7. The van der Waals surface area contributed by atoms with Crippen molar-refractivity contribution in [3.8, 4) is 21.8 Å². The Morgan fingerprint density at radius 1 is 0.829 bits per heavy atom. The number of nitrogens with zero attached hydrogens (tertiary/aromatic N) is 4. The van der Waals surface area contributed by atoms with Crippen LogP contribution in [0.15, 0.2) is 84.5 Å². The van der Waals surface area contributed by atoms with E-state index >= 15 is 0 Å². The molecule has 0 spiro atoms. The molecule has 0 aliphatic heterocycles. The third-order valence-electron chi connectivity index (χ3n) is 5.19. The number of carbonyl (C=O) groups is 1. The minimum atomic E-state index is -0.207. The Hall–Kier alpha value is -4.43. The minimum absolute atomic E-state index is 0.207. The van der Waals surface area contributed by atoms with E-state index in [1.54, 1.807) is 35.9 Å². The first-order valence-corrected chi connectivity index (χ1v) is 11.9. The van der Waals surface area contributed by atoms with Gasteiger partial charge < -0.3 is 10.6 Å². The van der Waals surface area contributed by atoms with Crippen LogP contribution in [0.3, 0.4) is 0 Å². The van der Waals surface area contributed by atoms with Crippen molar-refractivity contribution in [2.75, 3.05) is 10.6 Å². The Bertz CT molecular complexity index is 1480. The fourth-order valence-corrected chi connectivity index (χ4v) is 4.46. The summed E-state index contributed by atoms with van der Waals surface area (Å²) in [5.74, 6) is 0.295. The van der Waals surface area contributed by atoms with Gasteiger partial charge in [0.1, 0.15) is 5.01 Å². The first-order chi connectivity index (χ1) is 17.0. The van der Waals surface area contributed by atoms with E-state index in [1.807, 2.05) is 73.8 Å². The second-order valence-corrected chi connectivity index (χ2v) is 8.85. The highest BCUT2D eigenvalue weighted by Crippen LogP contribution is 2.29. The highest BCUT2D eigenvalue weighted by Gasteiger charge is 2.11. The van der Waals surface area contributed by atoms with E-state index in [0.29, 0.717) is 17.2 Å². The predicted molar refractivity (Wildman–Crippen MR) is 140 cm³/mol. The molecule has 7 nitrogen and oxygen atoms in total. The molecule has 0 saturated heterocycles. The Morgan fingerprint density at radius 3 is 2.40 bits per heavy atom. The number of hydrogen-bond donors (Lipinski definition) is 2. The van der Waals surface area contributed by atoms with E-state index in [4.69, 9.17) is 4.98 Å². The molecule has 0 radical (unpaired) electrons. The number of carbonyl (C=O) groups excluding carboxylic acids is 1. The Balaban J connectivity index is 1.31. The molecule has 0 unspecified atom stereocenters. The quantitative estimate of drug-likeness (QED) is 0.299. The lowest BCUT2D eigenvalue weighted by atomic mass is 10.1. The topological polar surface area (TPSA) is 92.7 Å². The van der Waals surface area contributed by atoms with E-state index in [-0.39, 0.29) is 5.91 Å². The summed E-state index contributed by atoms with van der Waals surface area (Å²) in [4.78, 5) is 30.7. The van der Waals surface area contributed by atoms with Crippen molar-refractivity contribution < 1.29 is 4.79 Å². The summed E-state index contributed by atoms with van der Waals surface area (Å²) < 4.78 is 0. The summed E-state index contributed by atoms with van der Waals surface area (Å²) in [6.07, 6.45) is 3.54. The van der Waals surface area contributed by atoms with Gasteiger partial charge in [-0.25, -0.2) is 15.0 Å². The lowest BCUT2D eigenvalue weighted by Gasteiger charge is -2.10. The van der Waals surface area contributed by atoms with E-state index < -0.39 is 0 Å². The number of pyridine rings is 1. The lowest BCUT2D eigenvalue weighted by molar-refractivity contribution is 0.102. The molecule has 172 valence electrons. The van der Waals surface area contributed by atoms with E-state index in [2.05, 4.69) is 25.6 Å². The van der Waals surface area contributed by atoms with Gasteiger partial charge in [0.15, 0.2) is 0 Å². The van der Waals surface area contributed by atoms with Crippen molar-refractivity contribution >= 4 is 34.6 Å². The van der Waals surface area contributed by atoms with Gasteiger partial charge in [-0.1, -0.05) is 18.2 Å². The number of hydrogen-bond acceptors (Lipinski definition) is 7. The molecule has 0 aliphatic rings. The van der Waals surface area contributed by atoms with E-state index in [1.165, 1.54) is 0 Å². The molecule has 5 rings (SSSR count). The highest BCUT2D eigenvalue weighted by atomic mass is 32.1. The van der Waals surface area contributed by atoms with Gasteiger partial charge in [-0.2, -0.15) is 0 Å². The van der Waals surface area contributed by atoms with Crippen molar-refractivity contribution in [1.82, 2.24) is 19.9 Å². The van der Waals surface area contributed by atoms with Gasteiger partial charge in [-0.05, 0) is 62.4 Å². The molecule has 0 saturated carbocycles. The summed E-state index contributed by atoms with van der Waals surface area (Å²) in [7, 11) is 0. The molecule has 3 heterocycles. The second-order valence-electron chi connectivity index (χ2n) is 7.99. The van der Waals surface area contributed by atoms with Crippen LogP contribution in [-0.4, -0.2) is 25.8 Å². The molecule has 3 aromatic heterocycles. The number of benzene rings is 2. The third-order valence-corrected chi connectivity index (χ3v) is 6.08. The van der Waals surface area contributed by atoms with Crippen LogP contribution in [-0.2, 0) is 0 Å². The van der Waals surface area contributed by atoms with Crippen molar-refractivity contribution in [3.05, 3.63) is 101 Å². The first kappa shape index (κ1) is 22.4. The van der Waals surface area contributed by atoms with Gasteiger partial charge in [0.2, 0.25) is 5.95 Å². The molecule has 2 aromatic carbocycles. The van der Waals surface area contributed by atoms with E-state index in [9.17, 15) is 4.79 Å². The Labute approximate surface area is 207 Å².